The van der Waals surface area contributed by atoms with Crippen LogP contribution in [-0.2, 0) is 21.4 Å². The Morgan fingerprint density at radius 1 is 1.09 bits per heavy atom. The molecule has 0 spiro atoms. The Morgan fingerprint density at radius 2 is 1.76 bits per heavy atom. The highest BCUT2D eigenvalue weighted by molar-refractivity contribution is 7.91. The van der Waals surface area contributed by atoms with Crippen molar-refractivity contribution in [2.24, 2.45) is 0 Å². The van der Waals surface area contributed by atoms with Crippen molar-refractivity contribution in [1.82, 2.24) is 14.8 Å². The van der Waals surface area contributed by atoms with Gasteiger partial charge in [0.05, 0.1) is 33.2 Å². The number of fused-ring (bicyclic) bond motifs is 2. The fraction of sp³-hybridized carbons (Fsp3) is 0.469. The summed E-state index contributed by atoms with van der Waals surface area (Å²) in [5, 5.41) is 7.93. The molecule has 2 unspecified atom stereocenters. The van der Waals surface area contributed by atoms with E-state index in [2.05, 4.69) is 10.5 Å². The maximum Gasteiger partial charge on any atom is 0.322 e. The van der Waals surface area contributed by atoms with Crippen LogP contribution in [0.5, 0.6) is 0 Å². The lowest BCUT2D eigenvalue weighted by Gasteiger charge is -2.38. The first kappa shape index (κ1) is 31.4. The van der Waals surface area contributed by atoms with Gasteiger partial charge >= 0.3 is 6.03 Å². The molecule has 2 saturated carbocycles. The summed E-state index contributed by atoms with van der Waals surface area (Å²) < 4.78 is 53.0. The minimum atomic E-state index is -3.87. The summed E-state index contributed by atoms with van der Waals surface area (Å²) in [6.45, 7) is 1.83. The van der Waals surface area contributed by atoms with Crippen LogP contribution in [0, 0.1) is 5.82 Å². The van der Waals surface area contributed by atoms with Gasteiger partial charge in [-0.1, -0.05) is 34.4 Å². The molecule has 244 valence electrons. The summed E-state index contributed by atoms with van der Waals surface area (Å²) >= 11 is 13.0. The molecular formula is C32H33Cl2FN4O6S. The van der Waals surface area contributed by atoms with Gasteiger partial charge in [0.15, 0.2) is 0 Å². The van der Waals surface area contributed by atoms with Crippen LogP contribution < -0.4 is 10.0 Å². The van der Waals surface area contributed by atoms with E-state index in [1.54, 1.807) is 30.0 Å². The highest BCUT2D eigenvalue weighted by atomic mass is 35.5. The lowest BCUT2D eigenvalue weighted by atomic mass is 9.99. The number of ether oxygens (including phenoxy) is 1. The van der Waals surface area contributed by atoms with Crippen LogP contribution in [0.15, 0.2) is 40.9 Å². The zero-order valence-electron chi connectivity index (χ0n) is 25.0. The molecule has 3 aromatic rings. The first-order valence-electron chi connectivity index (χ1n) is 15.4. The number of nitrogens with one attached hydrogen (secondary N) is 2. The predicted molar refractivity (Wildman–Crippen MR) is 170 cm³/mol. The number of carbonyl (C=O) groups is 2. The third-order valence-electron chi connectivity index (χ3n) is 9.66. The van der Waals surface area contributed by atoms with Crippen LogP contribution in [-0.4, -0.2) is 53.3 Å². The maximum atomic E-state index is 15.0. The number of anilines is 1. The Morgan fingerprint density at radius 3 is 2.37 bits per heavy atom. The van der Waals surface area contributed by atoms with E-state index in [1.165, 1.54) is 12.1 Å². The maximum absolute atomic E-state index is 15.0. The van der Waals surface area contributed by atoms with Gasteiger partial charge in [-0.05, 0) is 88.6 Å². The van der Waals surface area contributed by atoms with E-state index >= 15 is 4.39 Å². The van der Waals surface area contributed by atoms with Crippen LogP contribution >= 0.6 is 23.2 Å². The van der Waals surface area contributed by atoms with E-state index in [4.69, 9.17) is 32.5 Å². The minimum absolute atomic E-state index is 0.0892. The number of hydrogen-bond acceptors (Lipinski definition) is 7. The molecule has 2 aromatic carbocycles. The number of hydrogen-bond donors (Lipinski definition) is 2. The lowest BCUT2D eigenvalue weighted by Crippen LogP contribution is -2.50. The van der Waals surface area contributed by atoms with Gasteiger partial charge in [0.25, 0.3) is 5.91 Å². The van der Waals surface area contributed by atoms with Crippen molar-refractivity contribution in [3.63, 3.8) is 0 Å². The number of nitrogens with zero attached hydrogens (tertiary/aromatic N) is 2. The zero-order chi connectivity index (χ0) is 32.4. The largest absolute Gasteiger partial charge is 0.373 e. The van der Waals surface area contributed by atoms with Crippen molar-refractivity contribution in [3.8, 4) is 11.3 Å². The fourth-order valence-electron chi connectivity index (χ4n) is 6.53. The van der Waals surface area contributed by atoms with Gasteiger partial charge < -0.3 is 19.5 Å². The van der Waals surface area contributed by atoms with E-state index in [-0.39, 0.29) is 36.0 Å². The van der Waals surface area contributed by atoms with Crippen LogP contribution in [0.2, 0.25) is 10.0 Å². The van der Waals surface area contributed by atoms with Gasteiger partial charge in [-0.2, -0.15) is 0 Å². The number of amides is 3. The number of halogens is 3. The first-order chi connectivity index (χ1) is 21.9. The van der Waals surface area contributed by atoms with Crippen LogP contribution in [0.4, 0.5) is 14.9 Å². The van der Waals surface area contributed by atoms with Crippen LogP contribution in [0.3, 0.4) is 0 Å². The molecule has 4 fully saturated rings. The number of benzene rings is 2. The summed E-state index contributed by atoms with van der Waals surface area (Å²) in [6, 6.07) is 8.17. The smallest absolute Gasteiger partial charge is 0.322 e. The second kappa shape index (κ2) is 11.8. The molecule has 2 atom stereocenters. The number of piperidine rings is 1. The molecule has 2 aliphatic heterocycles. The molecule has 3 amide bonds. The topological polar surface area (TPSA) is 131 Å². The van der Waals surface area contributed by atoms with E-state index in [1.807, 2.05) is 4.72 Å². The number of carbonyl (C=O) groups excluding carboxylic acids is 2. The van der Waals surface area contributed by atoms with E-state index in [9.17, 15) is 18.0 Å². The second-order valence-electron chi connectivity index (χ2n) is 13.0. The van der Waals surface area contributed by atoms with Crippen molar-refractivity contribution in [2.45, 2.75) is 93.7 Å². The zero-order valence-corrected chi connectivity index (χ0v) is 27.4. The van der Waals surface area contributed by atoms with Crippen LogP contribution in [0.25, 0.3) is 11.3 Å². The highest BCUT2D eigenvalue weighted by Gasteiger charge is 2.51. The third-order valence-corrected chi connectivity index (χ3v) is 12.4. The quantitative estimate of drug-likeness (QED) is 0.247. The van der Waals surface area contributed by atoms with Gasteiger partial charge in [0, 0.05) is 34.7 Å². The predicted octanol–water partition coefficient (Wildman–Crippen LogP) is 7.02. The summed E-state index contributed by atoms with van der Waals surface area (Å²) in [5.41, 5.74) is 1.80. The molecule has 14 heteroatoms. The van der Waals surface area contributed by atoms with Crippen molar-refractivity contribution < 1.29 is 31.7 Å². The molecule has 10 nitrogen and oxygen atoms in total. The second-order valence-corrected chi connectivity index (χ2v) is 16.0. The Bertz CT molecular complexity index is 1790. The molecule has 46 heavy (non-hydrogen) atoms. The van der Waals surface area contributed by atoms with Crippen molar-refractivity contribution >= 4 is 50.9 Å². The number of urea groups is 1. The normalized spacial score (nSPS) is 23.3. The first-order valence-corrected chi connectivity index (χ1v) is 17.7. The summed E-state index contributed by atoms with van der Waals surface area (Å²) in [5.74, 6) is -0.653. The minimum Gasteiger partial charge on any atom is -0.373 e. The summed E-state index contributed by atoms with van der Waals surface area (Å²) in [4.78, 5) is 27.6. The molecule has 3 heterocycles. The van der Waals surface area contributed by atoms with E-state index in [0.717, 1.165) is 43.1 Å². The third kappa shape index (κ3) is 5.89. The Kier molecular flexibility index (Phi) is 8.06. The van der Waals surface area contributed by atoms with Gasteiger partial charge in [-0.25, -0.2) is 22.3 Å². The molecule has 1 aromatic heterocycles. The molecule has 0 radical (unpaired) electrons. The number of rotatable bonds is 9. The van der Waals surface area contributed by atoms with E-state index < -0.39 is 32.5 Å². The number of sulfonamides is 1. The van der Waals surface area contributed by atoms with Gasteiger partial charge in [0.2, 0.25) is 10.0 Å². The average molecular weight is 692 g/mol. The lowest BCUT2D eigenvalue weighted by molar-refractivity contribution is -0.0158. The molecule has 2 saturated heterocycles. The van der Waals surface area contributed by atoms with Gasteiger partial charge in [-0.3, -0.25) is 4.79 Å². The summed E-state index contributed by atoms with van der Waals surface area (Å²) in [6.07, 6.45) is 5.69. The van der Waals surface area contributed by atoms with Crippen molar-refractivity contribution in [3.05, 3.63) is 69.1 Å². The van der Waals surface area contributed by atoms with Crippen LogP contribution in [0.1, 0.15) is 85.9 Å². The Labute approximate surface area is 276 Å². The van der Waals surface area contributed by atoms with E-state index in [0.29, 0.717) is 52.9 Å². The SMILES string of the molecule is CC1(S(=O)(=O)NC(=O)c2ccc(NC(=O)N3C4CCC3CC(OCc3c(-c5c(Cl)cccc5Cl)noc3C3CC3)C4)c(F)c2)CC1. The number of aromatic nitrogens is 1. The molecular weight excluding hydrogens is 658 g/mol. The summed E-state index contributed by atoms with van der Waals surface area (Å²) in [7, 11) is -3.87. The van der Waals surface area contributed by atoms with Gasteiger partial charge in [-0.15, -0.1) is 0 Å². The Hall–Kier alpha value is -3.19. The molecule has 2 aliphatic carbocycles. The molecule has 2 N–H and O–H groups in total. The fourth-order valence-corrected chi connectivity index (χ4v) is 8.35. The monoisotopic (exact) mass is 690 g/mol. The molecule has 7 rings (SSSR count). The highest BCUT2D eigenvalue weighted by Crippen LogP contribution is 2.47. The van der Waals surface area contributed by atoms with Gasteiger partial charge in [0.1, 0.15) is 17.3 Å². The molecule has 2 bridgehead atoms. The molecule has 4 aliphatic rings. The Balaban J connectivity index is 0.992. The standard InChI is InChI=1S/C32H33Cl2FN4O6S/c1-32(11-12-32)46(42,43)38-30(40)18-7-10-26(25(35)13-18)36-31(41)39-19-8-9-20(39)15-21(14-19)44-16-22-28(37-45-29(22)17-5-6-17)27-23(33)3-2-4-24(27)34/h2-4,7,10,13,17,19-21H,5-6,8-9,11-12,14-16H2,1H3,(H,36,41)(H,38,40). The average Bonchev–Trinajstić information content (AvgIpc) is 3.93. The van der Waals surface area contributed by atoms with Crippen molar-refractivity contribution in [2.75, 3.05) is 5.32 Å². The van der Waals surface area contributed by atoms with Crippen molar-refractivity contribution in [1.29, 1.82) is 0 Å².